The van der Waals surface area contributed by atoms with Crippen LogP contribution in [-0.4, -0.2) is 25.1 Å². The van der Waals surface area contributed by atoms with Crippen LogP contribution < -0.4 is 15.8 Å². The van der Waals surface area contributed by atoms with Gasteiger partial charge in [-0.3, -0.25) is 4.79 Å². The standard InChI is InChI=1S/C17H23FN2O2.ClH/c18-13-4-6-14(7-5-13)22-9-1-8-20-17(21)15-11-2-3-12(10-11)16(15)19;/h4-7,11-12,15-16H,1-3,8-10,19H2,(H,20,21);1H. The molecule has 0 heterocycles. The number of benzene rings is 1. The van der Waals surface area contributed by atoms with E-state index in [1.54, 1.807) is 12.1 Å². The monoisotopic (exact) mass is 342 g/mol. The molecule has 1 aromatic carbocycles. The van der Waals surface area contributed by atoms with Gasteiger partial charge >= 0.3 is 0 Å². The van der Waals surface area contributed by atoms with Crippen molar-refractivity contribution in [2.24, 2.45) is 23.5 Å². The number of amides is 1. The maximum absolute atomic E-state index is 12.7. The summed E-state index contributed by atoms with van der Waals surface area (Å²) < 4.78 is 18.2. The summed E-state index contributed by atoms with van der Waals surface area (Å²) in [6.07, 6.45) is 4.16. The van der Waals surface area contributed by atoms with Gasteiger partial charge in [0.2, 0.25) is 5.91 Å². The molecule has 1 amide bonds. The Hall–Kier alpha value is -1.33. The van der Waals surface area contributed by atoms with E-state index < -0.39 is 0 Å². The van der Waals surface area contributed by atoms with Crippen LogP contribution in [0.2, 0.25) is 0 Å². The molecule has 3 N–H and O–H groups in total. The van der Waals surface area contributed by atoms with Gasteiger partial charge in [-0.05, 0) is 61.8 Å². The first-order valence-corrected chi connectivity index (χ1v) is 8.07. The van der Waals surface area contributed by atoms with Gasteiger partial charge in [-0.1, -0.05) is 0 Å². The number of rotatable bonds is 6. The number of hydrogen-bond acceptors (Lipinski definition) is 3. The average Bonchev–Trinajstić information content (AvgIpc) is 3.09. The lowest BCUT2D eigenvalue weighted by atomic mass is 9.84. The highest BCUT2D eigenvalue weighted by atomic mass is 35.5. The maximum Gasteiger partial charge on any atom is 0.224 e. The summed E-state index contributed by atoms with van der Waals surface area (Å²) in [5, 5.41) is 2.98. The SMILES string of the molecule is Cl.NC1C2CCC(C2)C1C(=O)NCCCOc1ccc(F)cc1. The van der Waals surface area contributed by atoms with E-state index in [9.17, 15) is 9.18 Å². The molecule has 3 rings (SSSR count). The van der Waals surface area contributed by atoms with Crippen LogP contribution in [0.4, 0.5) is 4.39 Å². The summed E-state index contributed by atoms with van der Waals surface area (Å²) >= 11 is 0. The van der Waals surface area contributed by atoms with Crippen molar-refractivity contribution in [3.63, 3.8) is 0 Å². The Morgan fingerprint density at radius 1 is 1.26 bits per heavy atom. The summed E-state index contributed by atoms with van der Waals surface area (Å²) in [7, 11) is 0. The second-order valence-corrected chi connectivity index (χ2v) is 6.38. The van der Waals surface area contributed by atoms with Crippen molar-refractivity contribution in [1.29, 1.82) is 0 Å². The quantitative estimate of drug-likeness (QED) is 0.781. The molecule has 2 aliphatic rings. The van der Waals surface area contributed by atoms with Crippen LogP contribution in [0.1, 0.15) is 25.7 Å². The van der Waals surface area contributed by atoms with Crippen LogP contribution in [0.25, 0.3) is 0 Å². The van der Waals surface area contributed by atoms with E-state index in [2.05, 4.69) is 5.32 Å². The third kappa shape index (κ3) is 4.15. The van der Waals surface area contributed by atoms with Gasteiger partial charge < -0.3 is 15.8 Å². The first-order chi connectivity index (χ1) is 10.6. The van der Waals surface area contributed by atoms with E-state index in [-0.39, 0.29) is 36.1 Å². The Kier molecular flexibility index (Phi) is 6.25. The Balaban J connectivity index is 0.00000192. The molecule has 1 aromatic rings. The summed E-state index contributed by atoms with van der Waals surface area (Å²) in [4.78, 5) is 12.2. The largest absolute Gasteiger partial charge is 0.494 e. The van der Waals surface area contributed by atoms with Crippen LogP contribution in [0.15, 0.2) is 24.3 Å². The van der Waals surface area contributed by atoms with Crippen molar-refractivity contribution in [2.75, 3.05) is 13.2 Å². The highest BCUT2D eigenvalue weighted by Crippen LogP contribution is 2.47. The lowest BCUT2D eigenvalue weighted by Crippen LogP contribution is -2.45. The molecule has 4 atom stereocenters. The molecule has 23 heavy (non-hydrogen) atoms. The number of nitrogens with one attached hydrogen (secondary N) is 1. The van der Waals surface area contributed by atoms with Gasteiger partial charge in [-0.25, -0.2) is 4.39 Å². The number of carbonyl (C=O) groups is 1. The molecule has 2 saturated carbocycles. The van der Waals surface area contributed by atoms with E-state index in [0.717, 1.165) is 19.3 Å². The molecule has 2 fully saturated rings. The minimum Gasteiger partial charge on any atom is -0.494 e. The maximum atomic E-state index is 12.7. The van der Waals surface area contributed by atoms with E-state index in [0.29, 0.717) is 30.7 Å². The third-order valence-corrected chi connectivity index (χ3v) is 4.99. The summed E-state index contributed by atoms with van der Waals surface area (Å²) in [5.41, 5.74) is 6.17. The second kappa shape index (κ2) is 7.97. The van der Waals surface area contributed by atoms with Gasteiger partial charge in [0.25, 0.3) is 0 Å². The summed E-state index contributed by atoms with van der Waals surface area (Å²) in [6, 6.07) is 5.97. The van der Waals surface area contributed by atoms with E-state index in [4.69, 9.17) is 10.5 Å². The number of ether oxygens (including phenoxy) is 1. The van der Waals surface area contributed by atoms with Crippen LogP contribution in [0.5, 0.6) is 5.75 Å². The Morgan fingerprint density at radius 2 is 1.96 bits per heavy atom. The molecule has 0 saturated heterocycles. The summed E-state index contributed by atoms with van der Waals surface area (Å²) in [6.45, 7) is 1.08. The molecule has 0 radical (unpaired) electrons. The minimum atomic E-state index is -0.276. The number of carbonyl (C=O) groups excluding carboxylic acids is 1. The molecule has 0 aromatic heterocycles. The zero-order valence-electron chi connectivity index (χ0n) is 13.0. The van der Waals surface area contributed by atoms with E-state index in [1.807, 2.05) is 0 Å². The van der Waals surface area contributed by atoms with Crippen LogP contribution in [0, 0.1) is 23.6 Å². The lowest BCUT2D eigenvalue weighted by Gasteiger charge is -2.27. The first kappa shape index (κ1) is 18.0. The Morgan fingerprint density at radius 3 is 2.61 bits per heavy atom. The average molecular weight is 343 g/mol. The van der Waals surface area contributed by atoms with Gasteiger partial charge in [-0.15, -0.1) is 12.4 Å². The zero-order valence-corrected chi connectivity index (χ0v) is 13.9. The fourth-order valence-corrected chi connectivity index (χ4v) is 3.85. The highest BCUT2D eigenvalue weighted by molar-refractivity contribution is 5.85. The number of nitrogens with two attached hydrogens (primary N) is 1. The molecule has 0 spiro atoms. The molecule has 4 nitrogen and oxygen atoms in total. The first-order valence-electron chi connectivity index (χ1n) is 8.07. The normalized spacial score (nSPS) is 28.3. The van der Waals surface area contributed by atoms with Gasteiger partial charge in [0.1, 0.15) is 11.6 Å². The van der Waals surface area contributed by atoms with Crippen molar-refractivity contribution in [2.45, 2.75) is 31.7 Å². The molecular formula is C17H24ClFN2O2. The van der Waals surface area contributed by atoms with Crippen LogP contribution in [0.3, 0.4) is 0 Å². The third-order valence-electron chi connectivity index (χ3n) is 4.99. The van der Waals surface area contributed by atoms with Crippen molar-refractivity contribution >= 4 is 18.3 Å². The van der Waals surface area contributed by atoms with E-state index >= 15 is 0 Å². The molecule has 4 unspecified atom stereocenters. The molecule has 0 aliphatic heterocycles. The van der Waals surface area contributed by atoms with Crippen molar-refractivity contribution in [3.05, 3.63) is 30.1 Å². The van der Waals surface area contributed by atoms with Crippen LogP contribution >= 0.6 is 12.4 Å². The van der Waals surface area contributed by atoms with Crippen LogP contribution in [-0.2, 0) is 4.79 Å². The van der Waals surface area contributed by atoms with Gasteiger partial charge in [0.05, 0.1) is 12.5 Å². The van der Waals surface area contributed by atoms with Gasteiger partial charge in [0, 0.05) is 12.6 Å². The predicted molar refractivity (Wildman–Crippen MR) is 89.1 cm³/mol. The Bertz CT molecular complexity index is 524. The predicted octanol–water partition coefficient (Wildman–Crippen LogP) is 2.51. The molecular weight excluding hydrogens is 319 g/mol. The number of fused-ring (bicyclic) bond motifs is 2. The zero-order chi connectivity index (χ0) is 15.5. The summed E-state index contributed by atoms with van der Waals surface area (Å²) in [5.74, 6) is 1.49. The fourth-order valence-electron chi connectivity index (χ4n) is 3.85. The van der Waals surface area contributed by atoms with Gasteiger partial charge in [0.15, 0.2) is 0 Å². The molecule has 2 aliphatic carbocycles. The lowest BCUT2D eigenvalue weighted by molar-refractivity contribution is -0.127. The molecule has 128 valence electrons. The topological polar surface area (TPSA) is 64.4 Å². The number of halogens is 2. The van der Waals surface area contributed by atoms with Crippen molar-refractivity contribution in [1.82, 2.24) is 5.32 Å². The minimum absolute atomic E-state index is 0. The Labute approximate surface area is 142 Å². The highest BCUT2D eigenvalue weighted by Gasteiger charge is 2.48. The molecule has 6 heteroatoms. The van der Waals surface area contributed by atoms with Crippen molar-refractivity contribution < 1.29 is 13.9 Å². The second-order valence-electron chi connectivity index (χ2n) is 6.38. The smallest absolute Gasteiger partial charge is 0.224 e. The van der Waals surface area contributed by atoms with Gasteiger partial charge in [-0.2, -0.15) is 0 Å². The molecule has 2 bridgehead atoms. The van der Waals surface area contributed by atoms with Crippen molar-refractivity contribution in [3.8, 4) is 5.75 Å². The van der Waals surface area contributed by atoms with E-state index in [1.165, 1.54) is 18.6 Å². The fraction of sp³-hybridized carbons (Fsp3) is 0.588. The number of hydrogen-bond donors (Lipinski definition) is 2.